The van der Waals surface area contributed by atoms with Crippen LogP contribution >= 0.6 is 0 Å². The van der Waals surface area contributed by atoms with Crippen molar-refractivity contribution in [3.63, 3.8) is 0 Å². The van der Waals surface area contributed by atoms with Gasteiger partial charge in [0.1, 0.15) is 0 Å². The van der Waals surface area contributed by atoms with Crippen LogP contribution in [0, 0.1) is 6.92 Å². The Labute approximate surface area is 108 Å². The van der Waals surface area contributed by atoms with Crippen molar-refractivity contribution >= 4 is 28.7 Å². The third-order valence-electron chi connectivity index (χ3n) is 3.16. The molecule has 1 aliphatic heterocycles. The first-order valence-electron chi connectivity index (χ1n) is 5.58. The molecule has 1 aliphatic rings. The summed E-state index contributed by atoms with van der Waals surface area (Å²) in [5.74, 6) is 2.26. The van der Waals surface area contributed by atoms with Crippen molar-refractivity contribution in [2.45, 2.75) is 12.7 Å². The molecule has 0 amide bonds. The number of rotatable bonds is 0. The zero-order valence-electron chi connectivity index (χ0n) is 9.95. The Kier molecular flexibility index (Phi) is 1.90. The molecule has 0 unspecified atom stereocenters. The quantitative estimate of drug-likeness (QED) is 0.551. The van der Waals surface area contributed by atoms with Crippen LogP contribution in [0.4, 0.5) is 0 Å². The number of fused-ring (bicyclic) bond motifs is 5. The third kappa shape index (κ3) is 1.16. The molecule has 0 aromatic carbocycles. The summed E-state index contributed by atoms with van der Waals surface area (Å²) in [4.78, 5) is 9.28. The van der Waals surface area contributed by atoms with Crippen LogP contribution in [0.25, 0.3) is 16.8 Å². The van der Waals surface area contributed by atoms with E-state index in [0.717, 1.165) is 16.9 Å². The Morgan fingerprint density at radius 1 is 1.17 bits per heavy atom. The van der Waals surface area contributed by atoms with Crippen molar-refractivity contribution in [3.05, 3.63) is 30.5 Å². The van der Waals surface area contributed by atoms with Crippen molar-refractivity contribution in [3.8, 4) is 11.1 Å². The predicted molar refractivity (Wildman–Crippen MR) is 69.6 cm³/mol. The molecule has 0 N–H and O–H groups in total. The Morgan fingerprint density at radius 2 is 2.06 bits per heavy atom. The molecule has 3 aromatic rings. The van der Waals surface area contributed by atoms with Crippen LogP contribution in [0.15, 0.2) is 24.8 Å². The summed E-state index contributed by atoms with van der Waals surface area (Å²) < 4.78 is 4.25. The fraction of sp³-hybridized carbons (Fsp3) is 0.167. The molecule has 0 spiro atoms. The van der Waals surface area contributed by atoms with E-state index in [1.54, 1.807) is 12.7 Å². The fourth-order valence-corrected chi connectivity index (χ4v) is 5.81. The summed E-state index contributed by atoms with van der Waals surface area (Å²) in [7, 11) is 0. The van der Waals surface area contributed by atoms with Crippen molar-refractivity contribution < 1.29 is 0 Å². The first-order chi connectivity index (χ1) is 8.75. The van der Waals surface area contributed by atoms with Gasteiger partial charge in [0.15, 0.2) is 0 Å². The molecule has 0 saturated carbocycles. The minimum absolute atomic E-state index is 0.889. The van der Waals surface area contributed by atoms with Crippen LogP contribution in [-0.2, 0) is 0 Å². The van der Waals surface area contributed by atoms with Gasteiger partial charge in [-0.1, -0.05) is 0 Å². The van der Waals surface area contributed by atoms with Crippen LogP contribution in [0.1, 0.15) is 5.69 Å². The first-order valence-corrected chi connectivity index (χ1v) is 9.00. The molecule has 1 radical (unpaired) electrons. The van der Waals surface area contributed by atoms with Crippen LogP contribution in [0.3, 0.4) is 0 Å². The summed E-state index contributed by atoms with van der Waals surface area (Å²) in [6.45, 7) is 2.03. The van der Waals surface area contributed by atoms with Crippen LogP contribution in [0.2, 0.25) is 5.82 Å². The Balaban J connectivity index is 2.16. The number of hydrogen-bond donors (Lipinski definition) is 0. The van der Waals surface area contributed by atoms with Crippen molar-refractivity contribution in [2.75, 3.05) is 0 Å². The SMILES string of the molecule is Cc1ccc2c(n1)[Se](C)c1ncn3cnnc3c1-2. The van der Waals surface area contributed by atoms with E-state index in [0.29, 0.717) is 0 Å². The second-order valence-corrected chi connectivity index (χ2v) is 8.07. The molecule has 89 valence electrons. The summed E-state index contributed by atoms with van der Waals surface area (Å²) in [5, 5.41) is 8.17. The van der Waals surface area contributed by atoms with E-state index in [1.807, 2.05) is 17.4 Å². The molecule has 0 saturated heterocycles. The fourth-order valence-electron chi connectivity index (χ4n) is 2.30. The van der Waals surface area contributed by atoms with Crippen LogP contribution in [0.5, 0.6) is 0 Å². The molecule has 0 bridgehead atoms. The normalized spacial score (nSPS) is 13.9. The number of hydrogen-bond acceptors (Lipinski definition) is 4. The Hall–Kier alpha value is -1.78. The topological polar surface area (TPSA) is 56.0 Å². The van der Waals surface area contributed by atoms with Gasteiger partial charge in [-0.15, -0.1) is 0 Å². The standard InChI is InChI=1S/C12H10N5Se/c1-7-3-4-8-9-10-16-14-6-17(10)5-13-12(9)18(2)11(8)15-7/h3-6H,1-2H3. The van der Waals surface area contributed by atoms with E-state index in [4.69, 9.17) is 4.98 Å². The number of aryl methyl sites for hydroxylation is 1. The Bertz CT molecular complexity index is 779. The third-order valence-corrected chi connectivity index (χ3v) is 6.90. The second kappa shape index (κ2) is 3.37. The van der Waals surface area contributed by atoms with E-state index in [2.05, 4.69) is 27.1 Å². The average molecular weight is 303 g/mol. The predicted octanol–water partition coefficient (Wildman–Crippen LogP) is 0.0469. The van der Waals surface area contributed by atoms with Crippen molar-refractivity contribution in [1.82, 2.24) is 24.6 Å². The zero-order valence-corrected chi connectivity index (χ0v) is 11.7. The van der Waals surface area contributed by atoms with Gasteiger partial charge in [-0.25, -0.2) is 0 Å². The van der Waals surface area contributed by atoms with Gasteiger partial charge in [-0.05, 0) is 0 Å². The first kappa shape index (κ1) is 10.2. The summed E-state index contributed by atoms with van der Waals surface area (Å²) in [5.41, 5.74) is 4.27. The Morgan fingerprint density at radius 3 is 2.94 bits per heavy atom. The van der Waals surface area contributed by atoms with Gasteiger partial charge in [0, 0.05) is 0 Å². The molecule has 3 aromatic heterocycles. The van der Waals surface area contributed by atoms with E-state index in [-0.39, 0.29) is 0 Å². The van der Waals surface area contributed by atoms with Crippen LogP contribution < -0.4 is 9.18 Å². The molecule has 18 heavy (non-hydrogen) atoms. The van der Waals surface area contributed by atoms with E-state index >= 15 is 0 Å². The van der Waals surface area contributed by atoms with E-state index in [9.17, 15) is 0 Å². The number of pyridine rings is 1. The van der Waals surface area contributed by atoms with Crippen LogP contribution in [-0.4, -0.2) is 38.5 Å². The van der Waals surface area contributed by atoms with Crippen molar-refractivity contribution in [1.29, 1.82) is 0 Å². The summed E-state index contributed by atoms with van der Waals surface area (Å²) >= 11 is -1.11. The molecule has 0 fully saturated rings. The maximum absolute atomic E-state index is 4.70. The monoisotopic (exact) mass is 304 g/mol. The van der Waals surface area contributed by atoms with Gasteiger partial charge in [0.25, 0.3) is 0 Å². The van der Waals surface area contributed by atoms with E-state index in [1.165, 1.54) is 14.7 Å². The summed E-state index contributed by atoms with van der Waals surface area (Å²) in [6, 6.07) is 4.19. The zero-order chi connectivity index (χ0) is 12.3. The molecule has 5 nitrogen and oxygen atoms in total. The number of nitrogens with zero attached hydrogens (tertiary/aromatic N) is 5. The number of aromatic nitrogens is 5. The molecular formula is C12H10N5Se. The van der Waals surface area contributed by atoms with Crippen molar-refractivity contribution in [2.24, 2.45) is 0 Å². The molecule has 4 rings (SSSR count). The minimum atomic E-state index is -1.11. The van der Waals surface area contributed by atoms with E-state index < -0.39 is 13.9 Å². The molecule has 6 heteroatoms. The molecule has 4 heterocycles. The summed E-state index contributed by atoms with van der Waals surface area (Å²) in [6.07, 6.45) is 3.49. The van der Waals surface area contributed by atoms with Gasteiger partial charge in [0.05, 0.1) is 0 Å². The molecule has 0 atom stereocenters. The van der Waals surface area contributed by atoms with Gasteiger partial charge in [0.2, 0.25) is 0 Å². The molecular weight excluding hydrogens is 293 g/mol. The van der Waals surface area contributed by atoms with Gasteiger partial charge in [-0.2, -0.15) is 0 Å². The average Bonchev–Trinajstić information content (AvgIpc) is 2.93. The second-order valence-electron chi connectivity index (χ2n) is 4.30. The van der Waals surface area contributed by atoms with Gasteiger partial charge in [-0.3, -0.25) is 0 Å². The molecule has 0 aliphatic carbocycles. The van der Waals surface area contributed by atoms with Gasteiger partial charge >= 0.3 is 108 Å². The maximum atomic E-state index is 4.70. The van der Waals surface area contributed by atoms with Gasteiger partial charge < -0.3 is 0 Å².